The van der Waals surface area contributed by atoms with Crippen molar-refractivity contribution in [3.05, 3.63) is 105 Å². The number of carbonyl (C=O) groups is 2. The number of hydrogen-bond donors (Lipinski definition) is 2. The van der Waals surface area contributed by atoms with Crippen molar-refractivity contribution in [2.75, 3.05) is 57.3 Å². The van der Waals surface area contributed by atoms with Crippen LogP contribution in [0.5, 0.6) is 0 Å². The van der Waals surface area contributed by atoms with Gasteiger partial charge in [-0.3, -0.25) is 14.4 Å². The van der Waals surface area contributed by atoms with Crippen molar-refractivity contribution in [3.63, 3.8) is 0 Å². The van der Waals surface area contributed by atoms with Gasteiger partial charge in [-0.15, -0.1) is 0 Å². The van der Waals surface area contributed by atoms with Crippen LogP contribution in [0.15, 0.2) is 71.7 Å². The molecule has 6 rings (SSSR count). The Labute approximate surface area is 279 Å². The van der Waals surface area contributed by atoms with E-state index in [9.17, 15) is 19.5 Å². The van der Waals surface area contributed by atoms with Crippen LogP contribution in [0.25, 0.3) is 11.3 Å². The molecule has 0 spiro atoms. The summed E-state index contributed by atoms with van der Waals surface area (Å²) in [4.78, 5) is 48.1. The largest absolute Gasteiger partial charge is 0.392 e. The van der Waals surface area contributed by atoms with Gasteiger partial charge < -0.3 is 34.3 Å². The van der Waals surface area contributed by atoms with Gasteiger partial charge in [0.25, 0.3) is 17.4 Å². The van der Waals surface area contributed by atoms with Gasteiger partial charge in [0.2, 0.25) is 0 Å². The number of benzene rings is 3. The van der Waals surface area contributed by atoms with Gasteiger partial charge in [-0.2, -0.15) is 0 Å². The van der Waals surface area contributed by atoms with Crippen LogP contribution in [0.4, 0.5) is 17.2 Å². The molecule has 1 aromatic heterocycles. The van der Waals surface area contributed by atoms with Crippen molar-refractivity contribution >= 4 is 29.0 Å². The van der Waals surface area contributed by atoms with Crippen LogP contribution in [0.1, 0.15) is 56.2 Å². The van der Waals surface area contributed by atoms with E-state index in [4.69, 9.17) is 9.47 Å². The summed E-state index contributed by atoms with van der Waals surface area (Å²) in [6.07, 6.45) is 4.76. The smallest absolute Gasteiger partial charge is 0.293 e. The number of nitrogens with one attached hydrogen (secondary N) is 1. The SMILES string of the molecule is COCCN(CCOC)C(=O)c1ccc(Nc2nc(-c3cccc(N4CCc5cc(C6CC6)ccc5C4=O)c3CO)cn(C)c2=O)cc1. The number of ether oxygens (including phenoxy) is 2. The van der Waals surface area contributed by atoms with Crippen LogP contribution in [0.3, 0.4) is 0 Å². The summed E-state index contributed by atoms with van der Waals surface area (Å²) in [6.45, 7) is 1.86. The average molecular weight is 652 g/mol. The Morgan fingerprint density at radius 3 is 2.40 bits per heavy atom. The van der Waals surface area contributed by atoms with E-state index in [0.717, 1.165) is 12.0 Å². The van der Waals surface area contributed by atoms with Gasteiger partial charge >= 0.3 is 0 Å². The van der Waals surface area contributed by atoms with Gasteiger partial charge in [-0.25, -0.2) is 4.98 Å². The first-order chi connectivity index (χ1) is 23.3. The minimum Gasteiger partial charge on any atom is -0.392 e. The van der Waals surface area contributed by atoms with Crippen LogP contribution in [0.2, 0.25) is 0 Å². The molecule has 1 aliphatic heterocycles. The summed E-state index contributed by atoms with van der Waals surface area (Å²) in [5, 5.41) is 13.7. The molecule has 2 heterocycles. The highest BCUT2D eigenvalue weighted by atomic mass is 16.5. The topological polar surface area (TPSA) is 126 Å². The number of fused-ring (bicyclic) bond motifs is 1. The molecule has 0 saturated heterocycles. The molecule has 1 aliphatic carbocycles. The molecule has 0 radical (unpaired) electrons. The predicted molar refractivity (Wildman–Crippen MR) is 184 cm³/mol. The second kappa shape index (κ2) is 14.5. The minimum atomic E-state index is -0.348. The zero-order chi connectivity index (χ0) is 33.8. The van der Waals surface area contributed by atoms with E-state index >= 15 is 0 Å². The Bertz CT molecular complexity index is 1860. The number of carbonyl (C=O) groups excluding carboxylic acids is 2. The van der Waals surface area contributed by atoms with Gasteiger partial charge in [-0.05, 0) is 72.7 Å². The average Bonchev–Trinajstić information content (AvgIpc) is 3.96. The molecular formula is C37H41N5O6. The van der Waals surface area contributed by atoms with Gasteiger partial charge in [0, 0.05) is 75.0 Å². The molecule has 250 valence electrons. The molecule has 11 nitrogen and oxygen atoms in total. The van der Waals surface area contributed by atoms with Gasteiger partial charge in [0.05, 0.1) is 31.2 Å². The summed E-state index contributed by atoms with van der Waals surface area (Å²) < 4.78 is 11.7. The third kappa shape index (κ3) is 6.89. The molecule has 0 atom stereocenters. The quantitative estimate of drug-likeness (QED) is 0.217. The van der Waals surface area contributed by atoms with Crippen molar-refractivity contribution in [3.8, 4) is 11.3 Å². The Kier molecular flexibility index (Phi) is 10.00. The minimum absolute atomic E-state index is 0.0830. The van der Waals surface area contributed by atoms with E-state index in [1.54, 1.807) is 61.5 Å². The molecule has 2 N–H and O–H groups in total. The highest BCUT2D eigenvalue weighted by Gasteiger charge is 2.30. The third-order valence-electron chi connectivity index (χ3n) is 9.02. The summed E-state index contributed by atoms with van der Waals surface area (Å²) in [5.74, 6) is 0.455. The number of methoxy groups -OCH3 is 2. The Morgan fingerprint density at radius 1 is 1.00 bits per heavy atom. The van der Waals surface area contributed by atoms with Crippen LogP contribution in [0, 0.1) is 0 Å². The van der Waals surface area contributed by atoms with Crippen LogP contribution >= 0.6 is 0 Å². The highest BCUT2D eigenvalue weighted by molar-refractivity contribution is 6.09. The molecular weight excluding hydrogens is 610 g/mol. The van der Waals surface area contributed by atoms with Crippen molar-refractivity contribution in [1.29, 1.82) is 0 Å². The monoisotopic (exact) mass is 651 g/mol. The predicted octanol–water partition coefficient (Wildman–Crippen LogP) is 4.50. The van der Waals surface area contributed by atoms with E-state index in [1.807, 2.05) is 24.3 Å². The van der Waals surface area contributed by atoms with E-state index < -0.39 is 0 Å². The third-order valence-corrected chi connectivity index (χ3v) is 9.02. The summed E-state index contributed by atoms with van der Waals surface area (Å²) in [5.41, 5.74) is 6.04. The lowest BCUT2D eigenvalue weighted by Gasteiger charge is -2.31. The fourth-order valence-corrected chi connectivity index (χ4v) is 6.19. The number of anilines is 3. The molecule has 2 amide bonds. The second-order valence-electron chi connectivity index (χ2n) is 12.2. The fraction of sp³-hybridized carbons (Fsp3) is 0.351. The Hall–Kier alpha value is -4.84. The van der Waals surface area contributed by atoms with Crippen LogP contribution in [-0.2, 0) is 29.5 Å². The zero-order valence-corrected chi connectivity index (χ0v) is 27.6. The van der Waals surface area contributed by atoms with Crippen molar-refractivity contribution < 1.29 is 24.2 Å². The Balaban J connectivity index is 1.25. The molecule has 4 aromatic rings. The van der Waals surface area contributed by atoms with Crippen LogP contribution in [-0.4, -0.2) is 78.4 Å². The number of hydrogen-bond acceptors (Lipinski definition) is 8. The summed E-state index contributed by atoms with van der Waals surface area (Å²) >= 11 is 0. The number of amides is 2. The Morgan fingerprint density at radius 2 is 1.73 bits per heavy atom. The lowest BCUT2D eigenvalue weighted by molar-refractivity contribution is 0.0627. The molecule has 0 unspecified atom stereocenters. The standard InChI is InChI=1S/C37H41N5O6/c1-40-22-32(39-34(37(40)46)38-28-12-9-25(10-13-28)35(44)41(17-19-47-2)18-20-48-3)30-5-4-6-33(31(30)23-43)42-16-15-27-21-26(24-7-8-24)11-14-29(27)36(42)45/h4-6,9-14,21-22,24,43H,7-8,15-20,23H2,1-3H3,(H,38,39). The molecule has 48 heavy (non-hydrogen) atoms. The first-order valence-electron chi connectivity index (χ1n) is 16.2. The molecule has 11 heteroatoms. The number of aromatic nitrogens is 2. The van der Waals surface area contributed by atoms with Crippen molar-refractivity contribution in [2.45, 2.75) is 31.8 Å². The molecule has 0 bridgehead atoms. The van der Waals surface area contributed by atoms with Crippen molar-refractivity contribution in [1.82, 2.24) is 14.5 Å². The zero-order valence-electron chi connectivity index (χ0n) is 27.6. The number of aliphatic hydroxyl groups is 1. The van der Waals surface area contributed by atoms with Gasteiger partial charge in [-0.1, -0.05) is 24.3 Å². The lowest BCUT2D eigenvalue weighted by Crippen LogP contribution is -2.38. The maximum absolute atomic E-state index is 13.7. The first kappa shape index (κ1) is 33.1. The molecule has 1 fully saturated rings. The fourth-order valence-electron chi connectivity index (χ4n) is 6.19. The number of nitrogens with zero attached hydrogens (tertiary/aromatic N) is 4. The summed E-state index contributed by atoms with van der Waals surface area (Å²) in [7, 11) is 4.82. The van der Waals surface area contributed by atoms with E-state index in [1.165, 1.54) is 23.0 Å². The maximum atomic E-state index is 13.7. The van der Waals surface area contributed by atoms with E-state index in [0.29, 0.717) is 78.1 Å². The molecule has 1 saturated carbocycles. The number of aryl methyl sites for hydroxylation is 1. The molecule has 3 aromatic carbocycles. The van der Waals surface area contributed by atoms with Gasteiger partial charge in [0.15, 0.2) is 5.82 Å². The first-order valence-corrected chi connectivity index (χ1v) is 16.2. The summed E-state index contributed by atoms with van der Waals surface area (Å²) in [6, 6.07) is 18.5. The number of rotatable bonds is 13. The van der Waals surface area contributed by atoms with E-state index in [2.05, 4.69) is 22.4 Å². The maximum Gasteiger partial charge on any atom is 0.293 e. The second-order valence-corrected chi connectivity index (χ2v) is 12.2. The van der Waals surface area contributed by atoms with Crippen LogP contribution < -0.4 is 15.8 Å². The highest BCUT2D eigenvalue weighted by Crippen LogP contribution is 2.41. The normalized spacial score (nSPS) is 14.2. The van der Waals surface area contributed by atoms with E-state index in [-0.39, 0.29) is 29.8 Å². The lowest BCUT2D eigenvalue weighted by atomic mass is 9.93. The number of aliphatic hydroxyl groups excluding tert-OH is 1. The van der Waals surface area contributed by atoms with Crippen molar-refractivity contribution in [2.24, 2.45) is 7.05 Å². The molecule has 2 aliphatic rings. The van der Waals surface area contributed by atoms with Gasteiger partial charge in [0.1, 0.15) is 0 Å².